The van der Waals surface area contributed by atoms with Crippen LogP contribution < -0.4 is 5.56 Å². The van der Waals surface area contributed by atoms with E-state index in [9.17, 15) is 18.0 Å². The molecule has 0 unspecified atom stereocenters. The van der Waals surface area contributed by atoms with E-state index in [4.69, 9.17) is 0 Å². The Kier molecular flexibility index (Phi) is 3.98. The Morgan fingerprint density at radius 2 is 1.96 bits per heavy atom. The van der Waals surface area contributed by atoms with Crippen LogP contribution in [0.15, 0.2) is 64.2 Å². The Labute approximate surface area is 149 Å². The SMILES string of the molecule is O=c1cc(-c2noc(C(F)(F)F)n2)ccn1Cc1cccc2ncccc12. The van der Waals surface area contributed by atoms with Crippen molar-refractivity contribution in [2.75, 3.05) is 0 Å². The van der Waals surface area contributed by atoms with Gasteiger partial charge in [-0.25, -0.2) is 0 Å². The van der Waals surface area contributed by atoms with Crippen molar-refractivity contribution >= 4 is 10.9 Å². The molecule has 0 saturated heterocycles. The zero-order chi connectivity index (χ0) is 19.0. The van der Waals surface area contributed by atoms with E-state index >= 15 is 0 Å². The van der Waals surface area contributed by atoms with Crippen LogP contribution in [-0.4, -0.2) is 19.7 Å². The molecule has 0 aliphatic carbocycles. The molecule has 0 saturated carbocycles. The van der Waals surface area contributed by atoms with Crippen molar-refractivity contribution in [2.45, 2.75) is 12.7 Å². The van der Waals surface area contributed by atoms with E-state index in [1.165, 1.54) is 22.9 Å². The molecule has 9 heteroatoms. The van der Waals surface area contributed by atoms with E-state index in [2.05, 4.69) is 19.6 Å². The first kappa shape index (κ1) is 17.0. The van der Waals surface area contributed by atoms with E-state index in [1.54, 1.807) is 6.20 Å². The first-order valence-corrected chi connectivity index (χ1v) is 7.86. The highest BCUT2D eigenvalue weighted by atomic mass is 19.4. The zero-order valence-corrected chi connectivity index (χ0v) is 13.6. The van der Waals surface area contributed by atoms with Crippen LogP contribution in [0.2, 0.25) is 0 Å². The fourth-order valence-electron chi connectivity index (χ4n) is 2.72. The van der Waals surface area contributed by atoms with Crippen molar-refractivity contribution in [3.05, 3.63) is 76.7 Å². The summed E-state index contributed by atoms with van der Waals surface area (Å²) in [5.41, 5.74) is 1.46. The third kappa shape index (κ3) is 3.31. The fourth-order valence-corrected chi connectivity index (χ4v) is 2.72. The van der Waals surface area contributed by atoms with Crippen LogP contribution in [-0.2, 0) is 12.7 Å². The molecule has 0 aliphatic heterocycles. The number of pyridine rings is 2. The highest BCUT2D eigenvalue weighted by molar-refractivity contribution is 5.81. The number of nitrogens with zero attached hydrogens (tertiary/aromatic N) is 4. The summed E-state index contributed by atoms with van der Waals surface area (Å²) in [5, 5.41) is 4.21. The summed E-state index contributed by atoms with van der Waals surface area (Å²) in [4.78, 5) is 20.0. The van der Waals surface area contributed by atoms with Gasteiger partial charge in [-0.05, 0) is 23.8 Å². The summed E-state index contributed by atoms with van der Waals surface area (Å²) >= 11 is 0. The number of benzene rings is 1. The lowest BCUT2D eigenvalue weighted by atomic mass is 10.1. The molecule has 136 valence electrons. The number of aromatic nitrogens is 4. The predicted octanol–water partition coefficient (Wildman–Crippen LogP) is 3.51. The third-order valence-electron chi connectivity index (χ3n) is 4.00. The van der Waals surface area contributed by atoms with Gasteiger partial charge in [0, 0.05) is 29.4 Å². The van der Waals surface area contributed by atoms with E-state index < -0.39 is 17.6 Å². The molecule has 0 N–H and O–H groups in total. The lowest BCUT2D eigenvalue weighted by Crippen LogP contribution is -2.19. The molecule has 0 radical (unpaired) electrons. The van der Waals surface area contributed by atoms with Gasteiger partial charge in [-0.1, -0.05) is 23.4 Å². The smallest absolute Gasteiger partial charge is 0.329 e. The minimum Gasteiger partial charge on any atom is -0.329 e. The first-order valence-electron chi connectivity index (χ1n) is 7.86. The number of halogens is 3. The second-order valence-electron chi connectivity index (χ2n) is 5.79. The van der Waals surface area contributed by atoms with E-state index in [1.807, 2.05) is 30.3 Å². The molecule has 1 aromatic carbocycles. The van der Waals surface area contributed by atoms with Crippen molar-refractivity contribution in [1.82, 2.24) is 19.7 Å². The molecule has 0 fully saturated rings. The molecular formula is C18H11F3N4O2. The summed E-state index contributed by atoms with van der Waals surface area (Å²) in [7, 11) is 0. The van der Waals surface area contributed by atoms with Crippen molar-refractivity contribution in [2.24, 2.45) is 0 Å². The Morgan fingerprint density at radius 1 is 1.11 bits per heavy atom. The number of rotatable bonds is 3. The number of hydrogen-bond donors (Lipinski definition) is 0. The number of alkyl halides is 3. The van der Waals surface area contributed by atoms with Crippen LogP contribution in [0.25, 0.3) is 22.3 Å². The average molecular weight is 372 g/mol. The maximum atomic E-state index is 12.6. The van der Waals surface area contributed by atoms with Crippen LogP contribution in [0.1, 0.15) is 11.5 Å². The Morgan fingerprint density at radius 3 is 2.70 bits per heavy atom. The number of fused-ring (bicyclic) bond motifs is 1. The standard InChI is InChI=1S/C18H11F3N4O2/c19-18(20,21)17-23-16(24-27-17)11-6-8-25(15(26)9-11)10-12-3-1-5-14-13(12)4-2-7-22-14/h1-9H,10H2. The Balaban J connectivity index is 1.66. The molecule has 4 aromatic rings. The van der Waals surface area contributed by atoms with Gasteiger partial charge in [0.05, 0.1) is 12.1 Å². The molecule has 0 bridgehead atoms. The van der Waals surface area contributed by atoms with Crippen LogP contribution in [0.5, 0.6) is 0 Å². The van der Waals surface area contributed by atoms with Gasteiger partial charge in [0.2, 0.25) is 5.82 Å². The van der Waals surface area contributed by atoms with Crippen LogP contribution in [0.4, 0.5) is 13.2 Å². The van der Waals surface area contributed by atoms with E-state index in [0.717, 1.165) is 16.5 Å². The van der Waals surface area contributed by atoms with Crippen molar-refractivity contribution in [3.8, 4) is 11.4 Å². The predicted molar refractivity (Wildman–Crippen MR) is 89.8 cm³/mol. The summed E-state index contributed by atoms with van der Waals surface area (Å²) in [6, 6.07) is 12.0. The topological polar surface area (TPSA) is 73.8 Å². The Bertz CT molecular complexity index is 1180. The van der Waals surface area contributed by atoms with Crippen molar-refractivity contribution in [1.29, 1.82) is 0 Å². The maximum absolute atomic E-state index is 12.6. The van der Waals surface area contributed by atoms with E-state index in [-0.39, 0.29) is 11.4 Å². The van der Waals surface area contributed by atoms with Crippen LogP contribution >= 0.6 is 0 Å². The summed E-state index contributed by atoms with van der Waals surface area (Å²) < 4.78 is 43.3. The van der Waals surface area contributed by atoms with Crippen LogP contribution in [0, 0.1) is 0 Å². The van der Waals surface area contributed by atoms with Gasteiger partial charge in [-0.3, -0.25) is 9.78 Å². The van der Waals surface area contributed by atoms with Gasteiger partial charge >= 0.3 is 12.1 Å². The summed E-state index contributed by atoms with van der Waals surface area (Å²) in [5.74, 6) is -1.74. The largest absolute Gasteiger partial charge is 0.471 e. The van der Waals surface area contributed by atoms with E-state index in [0.29, 0.717) is 6.54 Å². The van der Waals surface area contributed by atoms with Crippen LogP contribution in [0.3, 0.4) is 0 Å². The monoisotopic (exact) mass is 372 g/mol. The molecule has 3 aromatic heterocycles. The molecule has 0 amide bonds. The normalized spacial score (nSPS) is 11.8. The first-order chi connectivity index (χ1) is 12.9. The molecule has 0 aliphatic rings. The van der Waals surface area contributed by atoms with Crippen molar-refractivity contribution in [3.63, 3.8) is 0 Å². The molecular weight excluding hydrogens is 361 g/mol. The minimum atomic E-state index is -4.73. The third-order valence-corrected chi connectivity index (χ3v) is 4.00. The minimum absolute atomic E-state index is 0.148. The average Bonchev–Trinajstić information content (AvgIpc) is 3.14. The molecule has 4 rings (SSSR count). The second kappa shape index (κ2) is 6.35. The highest BCUT2D eigenvalue weighted by Crippen LogP contribution is 2.29. The van der Waals surface area contributed by atoms with Crippen molar-refractivity contribution < 1.29 is 17.7 Å². The zero-order valence-electron chi connectivity index (χ0n) is 13.6. The maximum Gasteiger partial charge on any atom is 0.471 e. The highest BCUT2D eigenvalue weighted by Gasteiger charge is 2.38. The molecule has 0 spiro atoms. The van der Waals surface area contributed by atoms with Gasteiger partial charge in [-0.2, -0.15) is 18.2 Å². The Hall–Kier alpha value is -3.49. The quantitative estimate of drug-likeness (QED) is 0.550. The number of hydrogen-bond acceptors (Lipinski definition) is 5. The summed E-state index contributed by atoms with van der Waals surface area (Å²) in [6.07, 6.45) is -1.56. The van der Waals surface area contributed by atoms with Gasteiger partial charge < -0.3 is 9.09 Å². The molecule has 6 nitrogen and oxygen atoms in total. The molecule has 0 atom stereocenters. The van der Waals surface area contributed by atoms with Gasteiger partial charge in [0.15, 0.2) is 0 Å². The molecule has 3 heterocycles. The van der Waals surface area contributed by atoms with Gasteiger partial charge in [0.25, 0.3) is 5.56 Å². The lowest BCUT2D eigenvalue weighted by molar-refractivity contribution is -0.159. The summed E-state index contributed by atoms with van der Waals surface area (Å²) in [6.45, 7) is 0.294. The fraction of sp³-hybridized carbons (Fsp3) is 0.111. The second-order valence-corrected chi connectivity index (χ2v) is 5.79. The van der Waals surface area contributed by atoms with Gasteiger partial charge in [0.1, 0.15) is 0 Å². The van der Waals surface area contributed by atoms with Gasteiger partial charge in [-0.15, -0.1) is 0 Å². The molecule has 27 heavy (non-hydrogen) atoms. The lowest BCUT2D eigenvalue weighted by Gasteiger charge is -2.09.